The van der Waals surface area contributed by atoms with E-state index in [1.807, 2.05) is 48.0 Å². The van der Waals surface area contributed by atoms with E-state index in [1.165, 1.54) is 11.8 Å². The van der Waals surface area contributed by atoms with Gasteiger partial charge in [0.05, 0.1) is 11.9 Å². The van der Waals surface area contributed by atoms with Crippen LogP contribution in [0, 0.1) is 0 Å². The van der Waals surface area contributed by atoms with Crippen molar-refractivity contribution in [2.75, 3.05) is 0 Å². The van der Waals surface area contributed by atoms with Crippen molar-refractivity contribution >= 4 is 23.4 Å². The second-order valence-electron chi connectivity index (χ2n) is 5.52. The Hall–Kier alpha value is -2.64. The number of rotatable bonds is 5. The summed E-state index contributed by atoms with van der Waals surface area (Å²) >= 11 is 7.54. The van der Waals surface area contributed by atoms with Crippen LogP contribution in [0.3, 0.4) is 0 Å². The maximum atomic E-state index is 6.02. The molecule has 0 N–H and O–H groups in total. The molecular formula is C18H14ClN5OS. The molecule has 0 saturated carbocycles. The quantitative estimate of drug-likeness (QED) is 0.473. The van der Waals surface area contributed by atoms with Gasteiger partial charge in [-0.1, -0.05) is 35.5 Å². The predicted molar refractivity (Wildman–Crippen MR) is 101 cm³/mol. The van der Waals surface area contributed by atoms with E-state index >= 15 is 0 Å². The van der Waals surface area contributed by atoms with Crippen LogP contribution in [0.1, 0.15) is 5.89 Å². The summed E-state index contributed by atoms with van der Waals surface area (Å²) in [4.78, 5) is 8.36. The van der Waals surface area contributed by atoms with Gasteiger partial charge in [0.1, 0.15) is 0 Å². The zero-order valence-electron chi connectivity index (χ0n) is 13.8. The minimum absolute atomic E-state index is 0.558. The molecule has 1 aromatic carbocycles. The summed E-state index contributed by atoms with van der Waals surface area (Å²) in [5.74, 6) is 2.67. The first kappa shape index (κ1) is 16.8. The molecule has 0 atom stereocenters. The average Bonchev–Trinajstić information content (AvgIpc) is 3.28. The summed E-state index contributed by atoms with van der Waals surface area (Å²) in [5, 5.41) is 9.97. The fraction of sp³-hybridized carbons (Fsp3) is 0.111. The highest BCUT2D eigenvalue weighted by molar-refractivity contribution is 7.98. The summed E-state index contributed by atoms with van der Waals surface area (Å²) in [6.07, 6.45) is 5.18. The van der Waals surface area contributed by atoms with Gasteiger partial charge in [0.25, 0.3) is 0 Å². The molecule has 4 rings (SSSR count). The summed E-state index contributed by atoms with van der Waals surface area (Å²) in [6.45, 7) is 0. The van der Waals surface area contributed by atoms with E-state index in [9.17, 15) is 0 Å². The maximum Gasteiger partial charge on any atom is 0.205 e. The highest BCUT2D eigenvalue weighted by Crippen LogP contribution is 2.27. The van der Waals surface area contributed by atoms with Crippen molar-refractivity contribution in [2.24, 2.45) is 7.05 Å². The Morgan fingerprint density at radius 2 is 1.96 bits per heavy atom. The van der Waals surface area contributed by atoms with Crippen LogP contribution in [0.5, 0.6) is 0 Å². The second kappa shape index (κ2) is 7.31. The standard InChI is InChI=1S/C18H14ClN5OS/c1-24-17(12-5-7-20-8-6-12)22-23-18(24)26-11-16-21-10-15(25-16)13-3-2-4-14(19)9-13/h2-10H,11H2,1H3. The van der Waals surface area contributed by atoms with Gasteiger partial charge in [-0.3, -0.25) is 4.98 Å². The maximum absolute atomic E-state index is 6.02. The lowest BCUT2D eigenvalue weighted by Crippen LogP contribution is -1.95. The number of oxazole rings is 1. The molecule has 3 heterocycles. The van der Waals surface area contributed by atoms with Gasteiger partial charge in [0.15, 0.2) is 16.7 Å². The number of aromatic nitrogens is 5. The molecule has 0 unspecified atom stereocenters. The van der Waals surface area contributed by atoms with Gasteiger partial charge >= 0.3 is 0 Å². The molecule has 0 aliphatic carbocycles. The third-order valence-electron chi connectivity index (χ3n) is 3.76. The van der Waals surface area contributed by atoms with E-state index in [0.29, 0.717) is 22.4 Å². The molecule has 130 valence electrons. The minimum Gasteiger partial charge on any atom is -0.440 e. The number of hydrogen-bond donors (Lipinski definition) is 0. The number of benzene rings is 1. The van der Waals surface area contributed by atoms with Gasteiger partial charge in [-0.15, -0.1) is 10.2 Å². The van der Waals surface area contributed by atoms with E-state index in [1.54, 1.807) is 18.6 Å². The largest absolute Gasteiger partial charge is 0.440 e. The van der Waals surface area contributed by atoms with Gasteiger partial charge in [0, 0.05) is 35.6 Å². The van der Waals surface area contributed by atoms with Crippen LogP contribution < -0.4 is 0 Å². The molecule has 3 aromatic heterocycles. The summed E-state index contributed by atoms with van der Waals surface area (Å²) in [6, 6.07) is 11.3. The fourth-order valence-electron chi connectivity index (χ4n) is 2.47. The number of thioether (sulfide) groups is 1. The lowest BCUT2D eigenvalue weighted by molar-refractivity contribution is 0.529. The molecule has 0 aliphatic rings. The van der Waals surface area contributed by atoms with Crippen LogP contribution in [-0.4, -0.2) is 24.7 Å². The van der Waals surface area contributed by atoms with Gasteiger partial charge < -0.3 is 8.98 Å². The average molecular weight is 384 g/mol. The van der Waals surface area contributed by atoms with Crippen LogP contribution in [0.15, 0.2) is 64.6 Å². The Kier molecular flexibility index (Phi) is 4.73. The number of nitrogens with zero attached hydrogens (tertiary/aromatic N) is 5. The highest BCUT2D eigenvalue weighted by atomic mass is 35.5. The van der Waals surface area contributed by atoms with Crippen molar-refractivity contribution in [1.82, 2.24) is 24.7 Å². The molecule has 0 aliphatic heterocycles. The Bertz CT molecular complexity index is 1030. The SMILES string of the molecule is Cn1c(SCc2ncc(-c3cccc(Cl)c3)o2)nnc1-c1ccncc1. The molecule has 4 aromatic rings. The van der Waals surface area contributed by atoms with Crippen LogP contribution in [-0.2, 0) is 12.8 Å². The van der Waals surface area contributed by atoms with Crippen LogP contribution in [0.2, 0.25) is 5.02 Å². The Morgan fingerprint density at radius 3 is 2.77 bits per heavy atom. The molecular weight excluding hydrogens is 370 g/mol. The van der Waals surface area contributed by atoms with E-state index in [2.05, 4.69) is 20.2 Å². The van der Waals surface area contributed by atoms with Gasteiger partial charge in [0.2, 0.25) is 5.89 Å². The van der Waals surface area contributed by atoms with Crippen LogP contribution in [0.4, 0.5) is 0 Å². The topological polar surface area (TPSA) is 69.6 Å². The third kappa shape index (κ3) is 3.49. The Balaban J connectivity index is 1.48. The van der Waals surface area contributed by atoms with E-state index in [4.69, 9.17) is 16.0 Å². The number of hydrogen-bond acceptors (Lipinski definition) is 6. The molecule has 26 heavy (non-hydrogen) atoms. The zero-order chi connectivity index (χ0) is 17.9. The number of pyridine rings is 1. The van der Waals surface area contributed by atoms with Crippen molar-refractivity contribution in [3.05, 3.63) is 65.9 Å². The van der Waals surface area contributed by atoms with Crippen molar-refractivity contribution in [3.63, 3.8) is 0 Å². The molecule has 6 nitrogen and oxygen atoms in total. The molecule has 0 fully saturated rings. The van der Waals surface area contributed by atoms with Crippen LogP contribution >= 0.6 is 23.4 Å². The van der Waals surface area contributed by atoms with Crippen molar-refractivity contribution in [2.45, 2.75) is 10.9 Å². The molecule has 8 heteroatoms. The van der Waals surface area contributed by atoms with Crippen molar-refractivity contribution in [1.29, 1.82) is 0 Å². The Morgan fingerprint density at radius 1 is 1.12 bits per heavy atom. The lowest BCUT2D eigenvalue weighted by Gasteiger charge is -2.02. The summed E-state index contributed by atoms with van der Waals surface area (Å²) < 4.78 is 7.77. The molecule has 0 amide bonds. The first-order chi connectivity index (χ1) is 12.7. The first-order valence-electron chi connectivity index (χ1n) is 7.84. The zero-order valence-corrected chi connectivity index (χ0v) is 15.4. The van der Waals surface area contributed by atoms with E-state index < -0.39 is 0 Å². The smallest absolute Gasteiger partial charge is 0.205 e. The summed E-state index contributed by atoms with van der Waals surface area (Å²) in [7, 11) is 1.94. The molecule has 0 saturated heterocycles. The van der Waals surface area contributed by atoms with Gasteiger partial charge in [-0.2, -0.15) is 0 Å². The minimum atomic E-state index is 0.558. The second-order valence-corrected chi connectivity index (χ2v) is 6.90. The molecule has 0 spiro atoms. The Labute approximate surface area is 159 Å². The molecule has 0 bridgehead atoms. The normalized spacial score (nSPS) is 11.0. The van der Waals surface area contributed by atoms with Crippen LogP contribution in [0.25, 0.3) is 22.7 Å². The third-order valence-corrected chi connectivity index (χ3v) is 5.00. The predicted octanol–water partition coefficient (Wildman–Crippen LogP) is 4.48. The first-order valence-corrected chi connectivity index (χ1v) is 9.20. The summed E-state index contributed by atoms with van der Waals surface area (Å²) in [5.41, 5.74) is 1.88. The van der Waals surface area contributed by atoms with Crippen molar-refractivity contribution < 1.29 is 4.42 Å². The van der Waals surface area contributed by atoms with E-state index in [0.717, 1.165) is 22.1 Å². The number of halogens is 1. The lowest BCUT2D eigenvalue weighted by atomic mass is 10.2. The van der Waals surface area contributed by atoms with Crippen molar-refractivity contribution in [3.8, 4) is 22.7 Å². The monoisotopic (exact) mass is 383 g/mol. The van der Waals surface area contributed by atoms with Gasteiger partial charge in [-0.25, -0.2) is 4.98 Å². The van der Waals surface area contributed by atoms with Gasteiger partial charge in [-0.05, 0) is 24.3 Å². The molecule has 0 radical (unpaired) electrons. The highest BCUT2D eigenvalue weighted by Gasteiger charge is 2.13. The fourth-order valence-corrected chi connectivity index (χ4v) is 3.43. The van der Waals surface area contributed by atoms with E-state index in [-0.39, 0.29) is 0 Å².